The number of rotatable bonds is 16. The Balaban J connectivity index is 4.53. The summed E-state index contributed by atoms with van der Waals surface area (Å²) < 4.78 is 49.7. The van der Waals surface area contributed by atoms with E-state index in [1.165, 1.54) is 28.4 Å². The molecule has 146 valence electrons. The topological polar surface area (TPSA) is 83.5 Å². The summed E-state index contributed by atoms with van der Waals surface area (Å²) in [6, 6.07) is 0. The van der Waals surface area contributed by atoms with Gasteiger partial charge >= 0.3 is 15.2 Å². The van der Waals surface area contributed by atoms with Crippen molar-refractivity contribution in [3.05, 3.63) is 0 Å². The summed E-state index contributed by atoms with van der Waals surface area (Å²) in [6.45, 7) is 5.19. The zero-order valence-corrected chi connectivity index (χ0v) is 17.4. The van der Waals surface area contributed by atoms with Crippen LogP contribution in [0.4, 0.5) is 0 Å². The van der Waals surface area contributed by atoms with Gasteiger partial charge in [-0.15, -0.1) is 0 Å². The summed E-state index contributed by atoms with van der Waals surface area (Å²) in [4.78, 5) is 2.05. The second-order valence-electron chi connectivity index (χ2n) is 5.21. The fraction of sp³-hybridized carbons (Fsp3) is 1.00. The lowest BCUT2D eigenvalue weighted by Crippen LogP contribution is -2.32. The molecule has 8 nitrogen and oxygen atoms in total. The molecule has 0 aromatic carbocycles. The van der Waals surface area contributed by atoms with Crippen molar-refractivity contribution >= 4 is 15.2 Å². The number of hydrogen-bond acceptors (Lipinski definition) is 8. The van der Waals surface area contributed by atoms with Gasteiger partial charge in [-0.2, -0.15) is 0 Å². The lowest BCUT2D eigenvalue weighted by molar-refractivity contribution is 0.122. The number of nitrogens with zero attached hydrogens (tertiary/aromatic N) is 1. The first-order chi connectivity index (χ1) is 11.4. The Morgan fingerprint density at radius 2 is 1.21 bits per heavy atom. The van der Waals surface area contributed by atoms with Crippen molar-refractivity contribution in [2.45, 2.75) is 19.8 Å². The summed E-state index contributed by atoms with van der Waals surface area (Å²) >= 11 is 0. The van der Waals surface area contributed by atoms with E-state index in [1.54, 1.807) is 0 Å². The average Bonchev–Trinajstić information content (AvgIpc) is 2.62. The first-order valence-corrected chi connectivity index (χ1v) is 11.5. The Bertz CT molecular complexity index is 363. The van der Waals surface area contributed by atoms with E-state index in [1.807, 2.05) is 4.90 Å². The zero-order chi connectivity index (χ0) is 18.5. The maximum atomic E-state index is 12.2. The van der Waals surface area contributed by atoms with Gasteiger partial charge in [0.2, 0.25) is 0 Å². The molecule has 10 heteroatoms. The summed E-state index contributed by atoms with van der Waals surface area (Å²) in [5.74, 6) is 0. The van der Waals surface area contributed by atoms with E-state index < -0.39 is 15.2 Å². The van der Waals surface area contributed by atoms with Crippen LogP contribution in [0, 0.1) is 0 Å². The van der Waals surface area contributed by atoms with Crippen LogP contribution in [0.1, 0.15) is 19.8 Å². The molecule has 0 saturated heterocycles. The predicted octanol–water partition coefficient (Wildman–Crippen LogP) is 3.08. The Labute approximate surface area is 146 Å². The SMILES string of the molecule is CCCOCCCN(CCP(=O)(OC)OC)CCP(=O)(OC)OC. The molecule has 0 bridgehead atoms. The van der Waals surface area contributed by atoms with E-state index in [0.29, 0.717) is 19.7 Å². The van der Waals surface area contributed by atoms with Crippen molar-refractivity contribution < 1.29 is 32.0 Å². The van der Waals surface area contributed by atoms with Gasteiger partial charge in [0.15, 0.2) is 0 Å². The van der Waals surface area contributed by atoms with E-state index in [4.69, 9.17) is 22.8 Å². The third-order valence-corrected chi connectivity index (χ3v) is 7.33. The predicted molar refractivity (Wildman–Crippen MR) is 95.2 cm³/mol. The van der Waals surface area contributed by atoms with Crippen LogP contribution in [0.2, 0.25) is 0 Å². The minimum absolute atomic E-state index is 0.264. The lowest BCUT2D eigenvalue weighted by atomic mass is 10.4. The summed E-state index contributed by atoms with van der Waals surface area (Å²) in [5, 5.41) is 0. The van der Waals surface area contributed by atoms with E-state index in [9.17, 15) is 9.13 Å². The normalized spacial score (nSPS) is 12.9. The second-order valence-corrected chi connectivity index (χ2v) is 10.0. The van der Waals surface area contributed by atoms with E-state index in [0.717, 1.165) is 26.0 Å². The fourth-order valence-electron chi connectivity index (χ4n) is 2.01. The van der Waals surface area contributed by atoms with Crippen LogP contribution in [-0.2, 0) is 32.0 Å². The molecule has 0 fully saturated rings. The molecule has 0 spiro atoms. The first-order valence-electron chi connectivity index (χ1n) is 8.09. The molecule has 0 saturated carbocycles. The summed E-state index contributed by atoms with van der Waals surface area (Å²) in [7, 11) is -0.646. The smallest absolute Gasteiger partial charge is 0.331 e. The molecule has 0 rings (SSSR count). The Kier molecular flexibility index (Phi) is 13.6. The third-order valence-electron chi connectivity index (χ3n) is 3.60. The van der Waals surface area contributed by atoms with Crippen molar-refractivity contribution in [1.29, 1.82) is 0 Å². The highest BCUT2D eigenvalue weighted by atomic mass is 31.2. The zero-order valence-electron chi connectivity index (χ0n) is 15.6. The lowest BCUT2D eigenvalue weighted by Gasteiger charge is -2.25. The first kappa shape index (κ1) is 24.2. The molecular weight excluding hydrogens is 356 g/mol. The highest BCUT2D eigenvalue weighted by molar-refractivity contribution is 7.54. The quantitative estimate of drug-likeness (QED) is 0.294. The second kappa shape index (κ2) is 13.4. The van der Waals surface area contributed by atoms with Crippen molar-refractivity contribution in [1.82, 2.24) is 4.90 Å². The van der Waals surface area contributed by atoms with Crippen LogP contribution in [-0.4, -0.2) is 78.5 Å². The molecule has 0 unspecified atom stereocenters. The molecule has 0 radical (unpaired) electrons. The van der Waals surface area contributed by atoms with Crippen LogP contribution in [0.3, 0.4) is 0 Å². The van der Waals surface area contributed by atoms with Gasteiger partial charge in [-0.05, 0) is 12.8 Å². The van der Waals surface area contributed by atoms with Crippen LogP contribution >= 0.6 is 15.2 Å². The van der Waals surface area contributed by atoms with Crippen LogP contribution in [0.5, 0.6) is 0 Å². The minimum Gasteiger partial charge on any atom is -0.381 e. The molecule has 0 atom stereocenters. The number of ether oxygens (including phenoxy) is 1. The highest BCUT2D eigenvalue weighted by Gasteiger charge is 2.25. The van der Waals surface area contributed by atoms with Gasteiger partial charge in [0.1, 0.15) is 0 Å². The average molecular weight is 389 g/mol. The summed E-state index contributed by atoms with van der Waals surface area (Å²) in [5.41, 5.74) is 0. The largest absolute Gasteiger partial charge is 0.381 e. The molecule has 0 aromatic heterocycles. The van der Waals surface area contributed by atoms with Gasteiger partial charge < -0.3 is 27.7 Å². The number of hydrogen-bond donors (Lipinski definition) is 0. The maximum absolute atomic E-state index is 12.2. The van der Waals surface area contributed by atoms with Gasteiger partial charge in [0, 0.05) is 61.3 Å². The molecule has 0 aliphatic carbocycles. The Morgan fingerprint density at radius 1 is 0.750 bits per heavy atom. The van der Waals surface area contributed by atoms with Crippen LogP contribution < -0.4 is 0 Å². The van der Waals surface area contributed by atoms with Crippen molar-refractivity contribution in [3.63, 3.8) is 0 Å². The minimum atomic E-state index is -3.07. The van der Waals surface area contributed by atoms with Crippen LogP contribution in [0.25, 0.3) is 0 Å². The third kappa shape index (κ3) is 10.3. The highest BCUT2D eigenvalue weighted by Crippen LogP contribution is 2.47. The van der Waals surface area contributed by atoms with E-state index >= 15 is 0 Å². The van der Waals surface area contributed by atoms with Gasteiger partial charge in [-0.3, -0.25) is 9.13 Å². The molecule has 0 aliphatic rings. The Morgan fingerprint density at radius 3 is 1.58 bits per heavy atom. The fourth-order valence-corrected chi connectivity index (χ4v) is 4.10. The molecule has 0 aromatic rings. The molecular formula is C14H33NO7P2. The molecule has 0 amide bonds. The maximum Gasteiger partial charge on any atom is 0.331 e. The monoisotopic (exact) mass is 389 g/mol. The summed E-state index contributed by atoms with van der Waals surface area (Å²) in [6.07, 6.45) is 2.34. The standard InChI is InChI=1S/C14H33NO7P2/c1-6-11-22-12-7-8-15(9-13-23(16,18-2)19-3)10-14-24(17,20-4)21-5/h6-14H2,1-5H3. The van der Waals surface area contributed by atoms with E-state index in [-0.39, 0.29) is 12.3 Å². The van der Waals surface area contributed by atoms with Gasteiger partial charge in [-0.25, -0.2) is 0 Å². The van der Waals surface area contributed by atoms with Crippen molar-refractivity contribution in [2.75, 3.05) is 73.6 Å². The molecule has 0 aliphatic heterocycles. The van der Waals surface area contributed by atoms with Crippen LogP contribution in [0.15, 0.2) is 0 Å². The van der Waals surface area contributed by atoms with Crippen molar-refractivity contribution in [3.8, 4) is 0 Å². The van der Waals surface area contributed by atoms with Gasteiger partial charge in [0.05, 0.1) is 12.3 Å². The molecule has 24 heavy (non-hydrogen) atoms. The molecule has 0 N–H and O–H groups in total. The molecule has 0 heterocycles. The van der Waals surface area contributed by atoms with Gasteiger partial charge in [-0.1, -0.05) is 6.92 Å². The van der Waals surface area contributed by atoms with Gasteiger partial charge in [0.25, 0.3) is 0 Å². The van der Waals surface area contributed by atoms with E-state index in [2.05, 4.69) is 6.92 Å². The Hall–Kier alpha value is 0.220. The van der Waals surface area contributed by atoms with Crippen molar-refractivity contribution in [2.24, 2.45) is 0 Å².